The van der Waals surface area contributed by atoms with Crippen LogP contribution in [0.15, 0.2) is 53.4 Å². The van der Waals surface area contributed by atoms with Gasteiger partial charge in [0.15, 0.2) is 0 Å². The summed E-state index contributed by atoms with van der Waals surface area (Å²) in [5.41, 5.74) is 1.01. The number of benzene rings is 2. The zero-order valence-electron chi connectivity index (χ0n) is 17.0. The lowest BCUT2D eigenvalue weighted by molar-refractivity contribution is -0.133. The van der Waals surface area contributed by atoms with Crippen LogP contribution < -0.4 is 9.46 Å². The third-order valence-electron chi connectivity index (χ3n) is 5.16. The van der Waals surface area contributed by atoms with Crippen molar-refractivity contribution < 1.29 is 17.9 Å². The van der Waals surface area contributed by atoms with E-state index in [1.807, 2.05) is 6.92 Å². The molecule has 1 saturated heterocycles. The van der Waals surface area contributed by atoms with E-state index in [9.17, 15) is 13.2 Å². The number of nitrogens with one attached hydrogen (secondary N) is 1. The predicted octanol–water partition coefficient (Wildman–Crippen LogP) is 3.63. The molecule has 162 valence electrons. The maximum absolute atomic E-state index is 12.5. The highest BCUT2D eigenvalue weighted by atomic mass is 35.5. The molecule has 1 fully saturated rings. The van der Waals surface area contributed by atoms with Crippen molar-refractivity contribution in [3.8, 4) is 5.75 Å². The average Bonchev–Trinajstić information content (AvgIpc) is 2.74. The maximum Gasteiger partial charge on any atom is 0.240 e. The molecule has 2 aromatic rings. The fourth-order valence-electron chi connectivity index (χ4n) is 3.43. The van der Waals surface area contributed by atoms with Gasteiger partial charge >= 0.3 is 0 Å². The van der Waals surface area contributed by atoms with Crippen LogP contribution in [-0.2, 0) is 14.8 Å². The third-order valence-corrected chi connectivity index (χ3v) is 6.85. The Morgan fingerprint density at radius 1 is 1.17 bits per heavy atom. The van der Waals surface area contributed by atoms with Crippen LogP contribution in [0.5, 0.6) is 5.75 Å². The van der Waals surface area contributed by atoms with E-state index < -0.39 is 10.0 Å². The molecule has 0 aliphatic carbocycles. The van der Waals surface area contributed by atoms with Crippen molar-refractivity contribution in [3.05, 3.63) is 59.1 Å². The Morgan fingerprint density at radius 2 is 1.87 bits per heavy atom. The van der Waals surface area contributed by atoms with Gasteiger partial charge in [0, 0.05) is 24.7 Å². The summed E-state index contributed by atoms with van der Waals surface area (Å²) in [6.07, 6.45) is 2.03. The van der Waals surface area contributed by atoms with Crippen LogP contribution in [0.3, 0.4) is 0 Å². The zero-order chi connectivity index (χ0) is 21.6. The Hall–Kier alpha value is -2.09. The van der Waals surface area contributed by atoms with Gasteiger partial charge in [0.05, 0.1) is 17.9 Å². The molecule has 1 aliphatic heterocycles. The number of carbonyl (C=O) groups excluding carboxylic acids is 1. The molecule has 0 radical (unpaired) electrons. The standard InChI is InChI=1S/C22H27ClN2O4S/c1-17-4-10-21(11-5-17)30(27,28)24-15-18-3-2-13-25(16-18)22(26)12-14-29-20-8-6-19(23)7-9-20/h4-11,18,24H,2-3,12-16H2,1H3. The number of rotatable bonds is 8. The van der Waals surface area contributed by atoms with Gasteiger partial charge in [-0.15, -0.1) is 0 Å². The van der Waals surface area contributed by atoms with Crippen molar-refractivity contribution in [1.29, 1.82) is 0 Å². The lowest BCUT2D eigenvalue weighted by Crippen LogP contribution is -2.44. The highest BCUT2D eigenvalue weighted by molar-refractivity contribution is 7.89. The number of ether oxygens (including phenoxy) is 1. The monoisotopic (exact) mass is 450 g/mol. The van der Waals surface area contributed by atoms with Crippen LogP contribution in [0.2, 0.25) is 5.02 Å². The summed E-state index contributed by atoms with van der Waals surface area (Å²) in [4.78, 5) is 14.6. The SMILES string of the molecule is Cc1ccc(S(=O)(=O)NCC2CCCN(C(=O)CCOc3ccc(Cl)cc3)C2)cc1. The highest BCUT2D eigenvalue weighted by Crippen LogP contribution is 2.19. The van der Waals surface area contributed by atoms with Crippen LogP contribution in [0.1, 0.15) is 24.8 Å². The Labute approximate surface area is 183 Å². The van der Waals surface area contributed by atoms with Crippen LogP contribution in [0.4, 0.5) is 0 Å². The number of amides is 1. The van der Waals surface area contributed by atoms with Crippen molar-refractivity contribution in [3.63, 3.8) is 0 Å². The summed E-state index contributed by atoms with van der Waals surface area (Å²) in [7, 11) is -3.54. The molecule has 0 saturated carbocycles. The normalized spacial score (nSPS) is 17.0. The first-order chi connectivity index (χ1) is 14.3. The Balaban J connectivity index is 1.45. The molecule has 1 unspecified atom stereocenters. The summed E-state index contributed by atoms with van der Waals surface area (Å²) in [6, 6.07) is 13.8. The molecule has 1 atom stereocenters. The topological polar surface area (TPSA) is 75.7 Å². The summed E-state index contributed by atoms with van der Waals surface area (Å²) in [5.74, 6) is 0.796. The number of piperidine rings is 1. The predicted molar refractivity (Wildman–Crippen MR) is 117 cm³/mol. The zero-order valence-corrected chi connectivity index (χ0v) is 18.6. The second-order valence-corrected chi connectivity index (χ2v) is 9.77. The number of likely N-dealkylation sites (tertiary alicyclic amines) is 1. The molecule has 0 aromatic heterocycles. The maximum atomic E-state index is 12.5. The Bertz CT molecular complexity index is 946. The van der Waals surface area contributed by atoms with Gasteiger partial charge in [-0.3, -0.25) is 4.79 Å². The van der Waals surface area contributed by atoms with Gasteiger partial charge in [-0.05, 0) is 62.1 Å². The number of nitrogens with zero attached hydrogens (tertiary/aromatic N) is 1. The number of sulfonamides is 1. The van der Waals surface area contributed by atoms with Crippen LogP contribution in [0, 0.1) is 12.8 Å². The molecule has 1 aliphatic rings. The summed E-state index contributed by atoms with van der Waals surface area (Å²) in [6.45, 7) is 3.78. The average molecular weight is 451 g/mol. The van der Waals surface area contributed by atoms with Crippen LogP contribution in [-0.4, -0.2) is 45.5 Å². The molecule has 0 bridgehead atoms. The molecule has 2 aromatic carbocycles. The quantitative estimate of drug-likeness (QED) is 0.666. The Kier molecular flexibility index (Phi) is 7.75. The smallest absolute Gasteiger partial charge is 0.240 e. The molecular formula is C22H27ClN2O4S. The number of hydrogen-bond donors (Lipinski definition) is 1. The van der Waals surface area contributed by atoms with E-state index in [0.717, 1.165) is 18.4 Å². The second kappa shape index (κ2) is 10.3. The Morgan fingerprint density at radius 3 is 2.57 bits per heavy atom. The van der Waals surface area contributed by atoms with E-state index >= 15 is 0 Å². The fraction of sp³-hybridized carbons (Fsp3) is 0.409. The van der Waals surface area contributed by atoms with Gasteiger partial charge in [-0.25, -0.2) is 13.1 Å². The number of halogens is 1. The molecule has 3 rings (SSSR count). The van der Waals surface area contributed by atoms with Crippen molar-refractivity contribution in [2.24, 2.45) is 5.92 Å². The molecule has 8 heteroatoms. The van der Waals surface area contributed by atoms with Gasteiger partial charge in [-0.2, -0.15) is 0 Å². The van der Waals surface area contributed by atoms with E-state index in [-0.39, 0.29) is 23.1 Å². The first kappa shape index (κ1) is 22.6. The number of carbonyl (C=O) groups is 1. The fourth-order valence-corrected chi connectivity index (χ4v) is 4.67. The van der Waals surface area contributed by atoms with Gasteiger partial charge in [0.25, 0.3) is 0 Å². The molecule has 30 heavy (non-hydrogen) atoms. The van der Waals surface area contributed by atoms with E-state index in [1.54, 1.807) is 53.4 Å². The van der Waals surface area contributed by atoms with Gasteiger partial charge in [-0.1, -0.05) is 29.3 Å². The first-order valence-electron chi connectivity index (χ1n) is 10.1. The van der Waals surface area contributed by atoms with Crippen molar-refractivity contribution >= 4 is 27.5 Å². The number of hydrogen-bond acceptors (Lipinski definition) is 4. The van der Waals surface area contributed by atoms with Gasteiger partial charge < -0.3 is 9.64 Å². The van der Waals surface area contributed by atoms with E-state index in [2.05, 4.69) is 4.72 Å². The van der Waals surface area contributed by atoms with Crippen molar-refractivity contribution in [2.75, 3.05) is 26.2 Å². The molecule has 1 N–H and O–H groups in total. The van der Waals surface area contributed by atoms with Crippen molar-refractivity contribution in [1.82, 2.24) is 9.62 Å². The van der Waals surface area contributed by atoms with E-state index in [0.29, 0.717) is 37.0 Å². The lowest BCUT2D eigenvalue weighted by Gasteiger charge is -2.33. The first-order valence-corrected chi connectivity index (χ1v) is 11.9. The minimum absolute atomic E-state index is 0.0232. The summed E-state index contributed by atoms with van der Waals surface area (Å²) in [5, 5.41) is 0.635. The molecular weight excluding hydrogens is 424 g/mol. The third kappa shape index (κ3) is 6.45. The molecule has 6 nitrogen and oxygen atoms in total. The lowest BCUT2D eigenvalue weighted by atomic mass is 9.98. The van der Waals surface area contributed by atoms with E-state index in [4.69, 9.17) is 16.3 Å². The van der Waals surface area contributed by atoms with Crippen molar-refractivity contribution in [2.45, 2.75) is 31.1 Å². The summed E-state index contributed by atoms with van der Waals surface area (Å²) >= 11 is 5.85. The summed E-state index contributed by atoms with van der Waals surface area (Å²) < 4.78 is 33.3. The molecule has 1 heterocycles. The second-order valence-electron chi connectivity index (χ2n) is 7.57. The largest absolute Gasteiger partial charge is 0.493 e. The highest BCUT2D eigenvalue weighted by Gasteiger charge is 2.25. The van der Waals surface area contributed by atoms with Gasteiger partial charge in [0.2, 0.25) is 15.9 Å². The van der Waals surface area contributed by atoms with Crippen LogP contribution in [0.25, 0.3) is 0 Å². The molecule has 0 spiro atoms. The minimum Gasteiger partial charge on any atom is -0.493 e. The van der Waals surface area contributed by atoms with Gasteiger partial charge in [0.1, 0.15) is 5.75 Å². The molecule has 1 amide bonds. The minimum atomic E-state index is -3.54. The van der Waals surface area contributed by atoms with E-state index in [1.165, 1.54) is 0 Å². The van der Waals surface area contributed by atoms with Crippen LogP contribution >= 0.6 is 11.6 Å². The number of aryl methyl sites for hydroxylation is 1.